The molecule has 236 valence electrons. The first-order chi connectivity index (χ1) is 22.1. The van der Waals surface area contributed by atoms with Crippen molar-refractivity contribution in [3.05, 3.63) is 102 Å². The number of esters is 1. The van der Waals surface area contributed by atoms with E-state index in [1.54, 1.807) is 49.4 Å². The van der Waals surface area contributed by atoms with E-state index in [0.29, 0.717) is 26.9 Å². The Hall–Kier alpha value is -4.10. The largest absolute Gasteiger partial charge is 0.497 e. The molecule has 14 heteroatoms. The molecule has 0 radical (unpaired) electrons. The Morgan fingerprint density at radius 3 is 2.35 bits per heavy atom. The molecule has 4 aromatic rings. The van der Waals surface area contributed by atoms with Crippen LogP contribution in [0.15, 0.2) is 76.6 Å². The molecule has 46 heavy (non-hydrogen) atoms. The third-order valence-corrected chi connectivity index (χ3v) is 11.1. The minimum Gasteiger partial charge on any atom is -0.497 e. The molecule has 3 amide bonds. The van der Waals surface area contributed by atoms with Crippen LogP contribution in [0.3, 0.4) is 0 Å². The van der Waals surface area contributed by atoms with Crippen molar-refractivity contribution < 1.29 is 28.7 Å². The number of aromatic nitrogens is 1. The summed E-state index contributed by atoms with van der Waals surface area (Å²) in [6.07, 6.45) is 0. The summed E-state index contributed by atoms with van der Waals surface area (Å²) < 4.78 is 11.5. The van der Waals surface area contributed by atoms with Crippen LogP contribution in [-0.2, 0) is 25.7 Å². The molecule has 3 heterocycles. The number of benzene rings is 3. The van der Waals surface area contributed by atoms with Crippen molar-refractivity contribution in [1.82, 2.24) is 4.57 Å². The molecule has 1 aromatic heterocycles. The van der Waals surface area contributed by atoms with Gasteiger partial charge in [0, 0.05) is 16.5 Å². The van der Waals surface area contributed by atoms with Crippen LogP contribution in [0.4, 0.5) is 11.4 Å². The van der Waals surface area contributed by atoms with Crippen LogP contribution in [0.1, 0.15) is 33.6 Å². The average Bonchev–Trinajstić information content (AvgIpc) is 3.49. The number of nitrogens with one attached hydrogen (secondary N) is 1. The molecule has 1 saturated heterocycles. The van der Waals surface area contributed by atoms with Gasteiger partial charge in [-0.05, 0) is 67.1 Å². The number of methoxy groups -OCH3 is 1. The number of halogens is 2. The van der Waals surface area contributed by atoms with E-state index >= 15 is 0 Å². The Morgan fingerprint density at radius 1 is 0.957 bits per heavy atom. The lowest BCUT2D eigenvalue weighted by Gasteiger charge is -2.31. The van der Waals surface area contributed by atoms with Gasteiger partial charge >= 0.3 is 10.8 Å². The molecule has 0 spiro atoms. The van der Waals surface area contributed by atoms with Crippen LogP contribution in [0.25, 0.3) is 0 Å². The van der Waals surface area contributed by atoms with Crippen LogP contribution >= 0.6 is 46.3 Å². The third kappa shape index (κ3) is 5.70. The highest BCUT2D eigenvalue weighted by atomic mass is 35.5. The highest BCUT2D eigenvalue weighted by Crippen LogP contribution is 2.55. The maximum absolute atomic E-state index is 14.2. The number of nitrogens with zero attached hydrogens (tertiary/aromatic N) is 2. The van der Waals surface area contributed by atoms with Gasteiger partial charge in [0.2, 0.25) is 17.7 Å². The standard InChI is InChI=1S/C32H25Cl2N3O7S2/c1-3-44-31(41)16-7-11-18(12-8-16)37-28(39)24-23(20-5-4-6-21(33)25(20)34)27-30(45-26(24)29(37)40)36(32(42)46-27)15-22(38)35-17-9-13-19(43-2)14-10-17/h4-14,23-24,26H,3,15H2,1-2H3,(H,35,38). The molecular weight excluding hydrogens is 673 g/mol. The molecule has 2 aliphatic heterocycles. The van der Waals surface area contributed by atoms with Crippen molar-refractivity contribution in [3.8, 4) is 5.75 Å². The number of fused-ring (bicyclic) bond motifs is 2. The van der Waals surface area contributed by atoms with Crippen LogP contribution in [0.2, 0.25) is 10.0 Å². The van der Waals surface area contributed by atoms with Gasteiger partial charge in [-0.25, -0.2) is 9.69 Å². The smallest absolute Gasteiger partial charge is 0.338 e. The minimum atomic E-state index is -0.935. The number of hydrogen-bond acceptors (Lipinski definition) is 9. The maximum Gasteiger partial charge on any atom is 0.338 e. The van der Waals surface area contributed by atoms with Gasteiger partial charge in [-0.2, -0.15) is 0 Å². The lowest BCUT2D eigenvalue weighted by molar-refractivity contribution is -0.122. The normalized spacial score (nSPS) is 18.6. The Balaban J connectivity index is 1.38. The van der Waals surface area contributed by atoms with E-state index in [0.717, 1.165) is 28.0 Å². The Kier molecular flexibility index (Phi) is 8.97. The molecule has 0 aliphatic carbocycles. The molecule has 6 rings (SSSR count). The number of amides is 3. The molecule has 3 unspecified atom stereocenters. The highest BCUT2D eigenvalue weighted by Gasteiger charge is 2.57. The van der Waals surface area contributed by atoms with Gasteiger partial charge in [-0.1, -0.05) is 58.4 Å². The molecule has 3 aromatic carbocycles. The third-order valence-electron chi connectivity index (χ3n) is 7.68. The fraction of sp³-hybridized carbons (Fsp3) is 0.219. The number of carbonyl (C=O) groups excluding carboxylic acids is 4. The topological polar surface area (TPSA) is 124 Å². The summed E-state index contributed by atoms with van der Waals surface area (Å²) in [4.78, 5) is 68.0. The Bertz CT molecular complexity index is 1930. The lowest BCUT2D eigenvalue weighted by atomic mass is 9.83. The van der Waals surface area contributed by atoms with Crippen LogP contribution < -0.4 is 19.8 Å². The van der Waals surface area contributed by atoms with Gasteiger partial charge < -0.3 is 14.8 Å². The zero-order chi connectivity index (χ0) is 32.7. The highest BCUT2D eigenvalue weighted by molar-refractivity contribution is 8.00. The number of thioether (sulfide) groups is 1. The summed E-state index contributed by atoms with van der Waals surface area (Å²) in [5.41, 5.74) is 1.57. The second-order valence-corrected chi connectivity index (χ2v) is 13.3. The van der Waals surface area contributed by atoms with E-state index in [9.17, 15) is 24.0 Å². The molecule has 0 bridgehead atoms. The second-order valence-electron chi connectivity index (χ2n) is 10.4. The second kappa shape index (κ2) is 13.0. The molecule has 3 atom stereocenters. The predicted molar refractivity (Wildman–Crippen MR) is 177 cm³/mol. The number of hydrogen-bond donors (Lipinski definition) is 1. The quantitative estimate of drug-likeness (QED) is 0.180. The van der Waals surface area contributed by atoms with Gasteiger partial charge in [-0.15, -0.1) is 0 Å². The molecule has 1 fully saturated rings. The van der Waals surface area contributed by atoms with E-state index in [1.807, 2.05) is 0 Å². The van der Waals surface area contributed by atoms with Gasteiger partial charge in [-0.3, -0.25) is 23.7 Å². The molecule has 1 N–H and O–H groups in total. The van der Waals surface area contributed by atoms with E-state index < -0.39 is 45.6 Å². The Morgan fingerprint density at radius 2 is 1.67 bits per heavy atom. The summed E-state index contributed by atoms with van der Waals surface area (Å²) in [6, 6.07) is 17.8. The average molecular weight is 699 g/mol. The fourth-order valence-electron chi connectivity index (χ4n) is 5.59. The van der Waals surface area contributed by atoms with E-state index in [2.05, 4.69) is 5.32 Å². The number of rotatable bonds is 8. The number of imide groups is 1. The molecule has 10 nitrogen and oxygen atoms in total. The first kappa shape index (κ1) is 31.9. The van der Waals surface area contributed by atoms with Gasteiger partial charge in [0.05, 0.1) is 46.0 Å². The summed E-state index contributed by atoms with van der Waals surface area (Å²) in [5, 5.41) is 2.70. The summed E-state index contributed by atoms with van der Waals surface area (Å²) >= 11 is 15.1. The van der Waals surface area contributed by atoms with E-state index in [-0.39, 0.29) is 34.4 Å². The fourth-order valence-corrected chi connectivity index (χ4v) is 8.77. The van der Waals surface area contributed by atoms with Crippen LogP contribution in [0, 0.1) is 5.92 Å². The predicted octanol–water partition coefficient (Wildman–Crippen LogP) is 5.84. The molecule has 0 saturated carbocycles. The summed E-state index contributed by atoms with van der Waals surface area (Å²) in [7, 11) is 1.54. The Labute approximate surface area is 281 Å². The number of anilines is 2. The van der Waals surface area contributed by atoms with Gasteiger partial charge in [0.1, 0.15) is 17.5 Å². The number of thiazole rings is 1. The van der Waals surface area contributed by atoms with E-state index in [4.69, 9.17) is 32.7 Å². The number of carbonyl (C=O) groups is 4. The monoisotopic (exact) mass is 697 g/mol. The van der Waals surface area contributed by atoms with Gasteiger partial charge in [0.25, 0.3) is 0 Å². The zero-order valence-electron chi connectivity index (χ0n) is 24.3. The van der Waals surface area contributed by atoms with Crippen molar-refractivity contribution in [2.24, 2.45) is 5.92 Å². The van der Waals surface area contributed by atoms with Crippen molar-refractivity contribution in [3.63, 3.8) is 0 Å². The van der Waals surface area contributed by atoms with Gasteiger partial charge in [0.15, 0.2) is 0 Å². The summed E-state index contributed by atoms with van der Waals surface area (Å²) in [5.74, 6) is -3.05. The molecule has 2 aliphatic rings. The zero-order valence-corrected chi connectivity index (χ0v) is 27.5. The number of ether oxygens (including phenoxy) is 2. The summed E-state index contributed by atoms with van der Waals surface area (Å²) in [6.45, 7) is 1.58. The van der Waals surface area contributed by atoms with Crippen molar-refractivity contribution in [1.29, 1.82) is 0 Å². The maximum atomic E-state index is 14.2. The minimum absolute atomic E-state index is 0.202. The first-order valence-corrected chi connectivity index (χ1v) is 16.5. The lowest BCUT2D eigenvalue weighted by Crippen LogP contribution is -2.33. The van der Waals surface area contributed by atoms with Crippen LogP contribution in [0.5, 0.6) is 5.75 Å². The van der Waals surface area contributed by atoms with Crippen molar-refractivity contribution >= 4 is 81.4 Å². The molecular formula is C32H25Cl2N3O7S2. The SMILES string of the molecule is CCOC(=O)c1ccc(N2C(=O)C3Sc4c(sc(=O)n4CC(=O)Nc4ccc(OC)cc4)C(c4cccc(Cl)c4Cl)C3C2=O)cc1. The first-order valence-electron chi connectivity index (χ1n) is 14.1. The van der Waals surface area contributed by atoms with E-state index in [1.165, 1.54) is 35.9 Å². The van der Waals surface area contributed by atoms with Crippen molar-refractivity contribution in [2.75, 3.05) is 23.9 Å². The van der Waals surface area contributed by atoms with Crippen LogP contribution in [-0.4, -0.2) is 47.2 Å². The van der Waals surface area contributed by atoms with Crippen molar-refractivity contribution in [2.45, 2.75) is 29.7 Å².